The SMILES string of the molecule is CCC(CCO)Nc1nc(CN2CCOCC2)nc2sc(C)c(C)c12. The number of ether oxygens (including phenoxy) is 1. The van der Waals surface area contributed by atoms with Crippen LogP contribution in [0.5, 0.6) is 0 Å². The molecule has 0 saturated carbocycles. The van der Waals surface area contributed by atoms with Gasteiger partial charge in [-0.05, 0) is 32.3 Å². The molecule has 2 aromatic heterocycles. The van der Waals surface area contributed by atoms with E-state index in [4.69, 9.17) is 14.7 Å². The van der Waals surface area contributed by atoms with Crippen LogP contribution >= 0.6 is 11.3 Å². The first-order valence-electron chi connectivity index (χ1n) is 9.06. The summed E-state index contributed by atoms with van der Waals surface area (Å²) in [4.78, 5) is 14.4. The lowest BCUT2D eigenvalue weighted by atomic mass is 10.1. The van der Waals surface area contributed by atoms with Gasteiger partial charge in [-0.1, -0.05) is 6.92 Å². The summed E-state index contributed by atoms with van der Waals surface area (Å²) in [5.41, 5.74) is 1.25. The molecule has 0 spiro atoms. The number of rotatable bonds is 7. The second-order valence-electron chi connectivity index (χ2n) is 6.60. The maximum atomic E-state index is 9.30. The Morgan fingerprint density at radius 2 is 2.04 bits per heavy atom. The van der Waals surface area contributed by atoms with Crippen molar-refractivity contribution in [3.8, 4) is 0 Å². The van der Waals surface area contributed by atoms with Crippen LogP contribution in [0.25, 0.3) is 10.2 Å². The van der Waals surface area contributed by atoms with Crippen molar-refractivity contribution in [2.75, 3.05) is 38.2 Å². The average molecular weight is 365 g/mol. The Morgan fingerprint density at radius 1 is 1.28 bits per heavy atom. The number of aliphatic hydroxyl groups is 1. The van der Waals surface area contributed by atoms with Crippen molar-refractivity contribution in [3.63, 3.8) is 0 Å². The van der Waals surface area contributed by atoms with Crippen molar-refractivity contribution in [2.24, 2.45) is 0 Å². The molecule has 2 aromatic rings. The Hall–Kier alpha value is -1.28. The lowest BCUT2D eigenvalue weighted by Crippen LogP contribution is -2.36. The Morgan fingerprint density at radius 3 is 2.72 bits per heavy atom. The standard InChI is InChI=1S/C18H28N4O2S/c1-4-14(5-8-23)19-17-16-12(2)13(3)25-18(16)21-15(20-17)11-22-6-9-24-10-7-22/h14,23H,4-11H2,1-3H3,(H,19,20,21). The molecule has 0 bridgehead atoms. The zero-order valence-electron chi connectivity index (χ0n) is 15.3. The number of aromatic nitrogens is 2. The van der Waals surface area contributed by atoms with E-state index in [0.29, 0.717) is 0 Å². The Kier molecular flexibility index (Phi) is 6.22. The summed E-state index contributed by atoms with van der Waals surface area (Å²) >= 11 is 1.73. The molecular weight excluding hydrogens is 336 g/mol. The third-order valence-corrected chi connectivity index (χ3v) is 5.96. The number of nitrogens with zero attached hydrogens (tertiary/aromatic N) is 3. The van der Waals surface area contributed by atoms with Gasteiger partial charge in [-0.3, -0.25) is 4.90 Å². The number of aryl methyl sites for hydroxylation is 2. The van der Waals surface area contributed by atoms with Crippen LogP contribution in [0.3, 0.4) is 0 Å². The molecule has 3 rings (SSSR count). The molecule has 25 heavy (non-hydrogen) atoms. The zero-order valence-corrected chi connectivity index (χ0v) is 16.2. The largest absolute Gasteiger partial charge is 0.396 e. The molecule has 3 heterocycles. The molecule has 1 unspecified atom stereocenters. The number of fused-ring (bicyclic) bond motifs is 1. The Bertz CT molecular complexity index is 713. The zero-order chi connectivity index (χ0) is 17.8. The van der Waals surface area contributed by atoms with E-state index in [0.717, 1.165) is 67.5 Å². The number of nitrogens with one attached hydrogen (secondary N) is 1. The third-order valence-electron chi connectivity index (χ3n) is 4.85. The number of morpholine rings is 1. The summed E-state index contributed by atoms with van der Waals surface area (Å²) in [5.74, 6) is 1.77. The van der Waals surface area contributed by atoms with Crippen LogP contribution < -0.4 is 5.32 Å². The van der Waals surface area contributed by atoms with E-state index in [-0.39, 0.29) is 12.6 Å². The van der Waals surface area contributed by atoms with Crippen LogP contribution in [0.1, 0.15) is 36.0 Å². The minimum Gasteiger partial charge on any atom is -0.396 e. The lowest BCUT2D eigenvalue weighted by molar-refractivity contribution is 0.0331. The molecule has 1 aliphatic rings. The lowest BCUT2D eigenvalue weighted by Gasteiger charge is -2.26. The van der Waals surface area contributed by atoms with E-state index in [1.165, 1.54) is 10.4 Å². The fourth-order valence-corrected chi connectivity index (χ4v) is 4.20. The van der Waals surface area contributed by atoms with Gasteiger partial charge in [0.15, 0.2) is 0 Å². The molecule has 1 atom stereocenters. The van der Waals surface area contributed by atoms with Gasteiger partial charge >= 0.3 is 0 Å². The maximum Gasteiger partial charge on any atom is 0.146 e. The van der Waals surface area contributed by atoms with Gasteiger partial charge < -0.3 is 15.2 Å². The molecule has 0 aliphatic carbocycles. The van der Waals surface area contributed by atoms with Crippen molar-refractivity contribution in [1.82, 2.24) is 14.9 Å². The van der Waals surface area contributed by atoms with Crippen molar-refractivity contribution >= 4 is 27.4 Å². The van der Waals surface area contributed by atoms with Gasteiger partial charge in [0.2, 0.25) is 0 Å². The van der Waals surface area contributed by atoms with Gasteiger partial charge in [-0.25, -0.2) is 9.97 Å². The van der Waals surface area contributed by atoms with E-state index in [9.17, 15) is 5.11 Å². The second kappa shape index (κ2) is 8.40. The average Bonchev–Trinajstić information content (AvgIpc) is 2.89. The number of hydrogen-bond donors (Lipinski definition) is 2. The highest BCUT2D eigenvalue weighted by molar-refractivity contribution is 7.18. The van der Waals surface area contributed by atoms with Crippen LogP contribution in [0.2, 0.25) is 0 Å². The van der Waals surface area contributed by atoms with Crippen molar-refractivity contribution in [2.45, 2.75) is 46.2 Å². The quantitative estimate of drug-likeness (QED) is 0.787. The smallest absolute Gasteiger partial charge is 0.146 e. The second-order valence-corrected chi connectivity index (χ2v) is 7.81. The summed E-state index contributed by atoms with van der Waals surface area (Å²) in [6.07, 6.45) is 1.68. The molecule has 0 amide bonds. The van der Waals surface area contributed by atoms with Crippen molar-refractivity contribution in [1.29, 1.82) is 0 Å². The van der Waals surface area contributed by atoms with Gasteiger partial charge in [-0.2, -0.15) is 0 Å². The molecule has 0 radical (unpaired) electrons. The number of thiophene rings is 1. The number of hydrogen-bond acceptors (Lipinski definition) is 7. The molecule has 1 saturated heterocycles. The monoisotopic (exact) mass is 364 g/mol. The van der Waals surface area contributed by atoms with Gasteiger partial charge in [0.1, 0.15) is 16.5 Å². The summed E-state index contributed by atoms with van der Waals surface area (Å²) in [6.45, 7) is 10.7. The number of aliphatic hydroxyl groups excluding tert-OH is 1. The van der Waals surface area contributed by atoms with Gasteiger partial charge in [-0.15, -0.1) is 11.3 Å². The van der Waals surface area contributed by atoms with E-state index in [1.54, 1.807) is 11.3 Å². The maximum absolute atomic E-state index is 9.30. The topological polar surface area (TPSA) is 70.5 Å². The highest BCUT2D eigenvalue weighted by atomic mass is 32.1. The van der Waals surface area contributed by atoms with Crippen LogP contribution in [0.15, 0.2) is 0 Å². The van der Waals surface area contributed by atoms with Gasteiger partial charge in [0, 0.05) is 30.6 Å². The summed E-state index contributed by atoms with van der Waals surface area (Å²) < 4.78 is 5.43. The molecule has 1 aliphatic heterocycles. The Balaban J connectivity index is 1.93. The summed E-state index contributed by atoms with van der Waals surface area (Å²) in [7, 11) is 0. The molecular formula is C18H28N4O2S. The normalized spacial score (nSPS) is 17.1. The summed E-state index contributed by atoms with van der Waals surface area (Å²) in [6, 6.07) is 0.221. The molecule has 6 nitrogen and oxygen atoms in total. The number of anilines is 1. The van der Waals surface area contributed by atoms with Crippen LogP contribution in [0, 0.1) is 13.8 Å². The van der Waals surface area contributed by atoms with Crippen LogP contribution in [-0.4, -0.2) is 58.9 Å². The van der Waals surface area contributed by atoms with Gasteiger partial charge in [0.05, 0.1) is 25.1 Å². The minimum atomic E-state index is 0.183. The van der Waals surface area contributed by atoms with E-state index in [1.807, 2.05) is 0 Å². The molecule has 1 fully saturated rings. The van der Waals surface area contributed by atoms with Gasteiger partial charge in [0.25, 0.3) is 0 Å². The highest BCUT2D eigenvalue weighted by Gasteiger charge is 2.19. The first-order chi connectivity index (χ1) is 12.1. The van der Waals surface area contributed by atoms with Crippen molar-refractivity contribution in [3.05, 3.63) is 16.3 Å². The van der Waals surface area contributed by atoms with E-state index in [2.05, 4.69) is 31.0 Å². The van der Waals surface area contributed by atoms with E-state index < -0.39 is 0 Å². The van der Waals surface area contributed by atoms with Crippen LogP contribution in [-0.2, 0) is 11.3 Å². The molecule has 138 valence electrons. The van der Waals surface area contributed by atoms with Crippen molar-refractivity contribution < 1.29 is 9.84 Å². The highest BCUT2D eigenvalue weighted by Crippen LogP contribution is 2.34. The Labute approximate surface area is 153 Å². The fraction of sp³-hybridized carbons (Fsp3) is 0.667. The molecule has 7 heteroatoms. The predicted octanol–water partition coefficient (Wildman–Crippen LogP) is 2.71. The van der Waals surface area contributed by atoms with Crippen LogP contribution in [0.4, 0.5) is 5.82 Å². The van der Waals surface area contributed by atoms with E-state index >= 15 is 0 Å². The first-order valence-corrected chi connectivity index (χ1v) is 9.88. The molecule has 0 aromatic carbocycles. The predicted molar refractivity (Wildman–Crippen MR) is 102 cm³/mol. The first kappa shape index (κ1) is 18.5. The minimum absolute atomic E-state index is 0.183. The third kappa shape index (κ3) is 4.28. The molecule has 2 N–H and O–H groups in total. The fourth-order valence-electron chi connectivity index (χ4n) is 3.16. The summed E-state index contributed by atoms with van der Waals surface area (Å²) in [5, 5.41) is 14.0.